The number of hydrogen-bond acceptors (Lipinski definition) is 4. The van der Waals surface area contributed by atoms with Gasteiger partial charge in [-0.15, -0.1) is 0 Å². The lowest BCUT2D eigenvalue weighted by Crippen LogP contribution is -2.27. The van der Waals surface area contributed by atoms with E-state index >= 15 is 0 Å². The third-order valence-corrected chi connectivity index (χ3v) is 5.12. The Morgan fingerprint density at radius 3 is 2.24 bits per heavy atom. The summed E-state index contributed by atoms with van der Waals surface area (Å²) in [6.45, 7) is 0. The number of carboxylic acids is 1. The topological polar surface area (TPSA) is 113 Å². The molecule has 0 aliphatic heterocycles. The van der Waals surface area contributed by atoms with Gasteiger partial charge in [-0.25, -0.2) is 13.2 Å². The van der Waals surface area contributed by atoms with Crippen molar-refractivity contribution >= 4 is 27.6 Å². The van der Waals surface area contributed by atoms with Gasteiger partial charge in [-0.05, 0) is 49.2 Å². The molecule has 2 aromatic carbocycles. The first kappa shape index (κ1) is 17.0. The molecule has 130 valence electrons. The van der Waals surface area contributed by atoms with Crippen LogP contribution in [0.2, 0.25) is 0 Å². The van der Waals surface area contributed by atoms with Crippen molar-refractivity contribution in [1.29, 1.82) is 0 Å². The van der Waals surface area contributed by atoms with Gasteiger partial charge in [0.1, 0.15) is 0 Å². The molecule has 0 radical (unpaired) electrons. The average Bonchev–Trinajstić information content (AvgIpc) is 3.39. The highest BCUT2D eigenvalue weighted by Gasteiger charge is 2.25. The number of benzene rings is 2. The number of amides is 1. The lowest BCUT2D eigenvalue weighted by atomic mass is 10.1. The fourth-order valence-electron chi connectivity index (χ4n) is 2.24. The van der Waals surface area contributed by atoms with Crippen LogP contribution in [-0.2, 0) is 10.0 Å². The average molecular weight is 360 g/mol. The minimum atomic E-state index is -3.95. The standard InChI is InChI=1S/C17H16N2O5S/c20-16(18-12-7-8-12)14-3-1-2-4-15(14)19-25(23,24)13-9-5-11(6-10-13)17(21)22/h1-6,9-10,12,19H,7-8H2,(H,18,20)(H,21,22). The fourth-order valence-corrected chi connectivity index (χ4v) is 3.32. The van der Waals surface area contributed by atoms with Gasteiger partial charge in [-0.3, -0.25) is 9.52 Å². The van der Waals surface area contributed by atoms with Crippen LogP contribution in [0, 0.1) is 0 Å². The molecule has 3 N–H and O–H groups in total. The van der Waals surface area contributed by atoms with Gasteiger partial charge in [0, 0.05) is 6.04 Å². The van der Waals surface area contributed by atoms with Gasteiger partial charge in [0.2, 0.25) is 0 Å². The zero-order valence-electron chi connectivity index (χ0n) is 13.1. The Balaban J connectivity index is 1.85. The Morgan fingerprint density at radius 2 is 1.64 bits per heavy atom. The molecule has 0 heterocycles. The van der Waals surface area contributed by atoms with Crippen molar-refractivity contribution in [3.8, 4) is 0 Å². The summed E-state index contributed by atoms with van der Waals surface area (Å²) in [5.41, 5.74) is 0.395. The van der Waals surface area contributed by atoms with Crippen LogP contribution in [0.15, 0.2) is 53.4 Å². The second-order valence-electron chi connectivity index (χ2n) is 5.73. The van der Waals surface area contributed by atoms with E-state index in [0.717, 1.165) is 12.8 Å². The molecule has 1 amide bonds. The zero-order chi connectivity index (χ0) is 18.0. The molecule has 0 bridgehead atoms. The highest BCUT2D eigenvalue weighted by molar-refractivity contribution is 7.92. The third kappa shape index (κ3) is 3.97. The summed E-state index contributed by atoms with van der Waals surface area (Å²) < 4.78 is 27.4. The molecule has 1 saturated carbocycles. The second-order valence-corrected chi connectivity index (χ2v) is 7.41. The van der Waals surface area contributed by atoms with E-state index in [0.29, 0.717) is 0 Å². The number of carboxylic acid groups (broad SMARTS) is 1. The van der Waals surface area contributed by atoms with E-state index < -0.39 is 16.0 Å². The van der Waals surface area contributed by atoms with Crippen LogP contribution < -0.4 is 10.0 Å². The number of carbonyl (C=O) groups is 2. The minimum Gasteiger partial charge on any atom is -0.478 e. The Kier molecular flexibility index (Phi) is 4.45. The highest BCUT2D eigenvalue weighted by atomic mass is 32.2. The fraction of sp³-hybridized carbons (Fsp3) is 0.176. The van der Waals surface area contributed by atoms with Crippen molar-refractivity contribution in [2.75, 3.05) is 4.72 Å². The van der Waals surface area contributed by atoms with E-state index in [-0.39, 0.29) is 33.7 Å². The first-order chi connectivity index (χ1) is 11.9. The normalized spacial score (nSPS) is 13.9. The van der Waals surface area contributed by atoms with Crippen LogP contribution in [0.1, 0.15) is 33.6 Å². The summed E-state index contributed by atoms with van der Waals surface area (Å²) >= 11 is 0. The summed E-state index contributed by atoms with van der Waals surface area (Å²) in [6.07, 6.45) is 1.85. The van der Waals surface area contributed by atoms with E-state index in [9.17, 15) is 18.0 Å². The lowest BCUT2D eigenvalue weighted by molar-refractivity contribution is 0.0696. The van der Waals surface area contributed by atoms with E-state index in [1.165, 1.54) is 30.3 Å². The van der Waals surface area contributed by atoms with Crippen LogP contribution in [0.25, 0.3) is 0 Å². The van der Waals surface area contributed by atoms with Crippen molar-refractivity contribution in [2.45, 2.75) is 23.8 Å². The summed E-state index contributed by atoms with van der Waals surface area (Å²) in [7, 11) is -3.95. The maximum absolute atomic E-state index is 12.5. The number of rotatable bonds is 6. The van der Waals surface area contributed by atoms with Gasteiger partial charge in [-0.2, -0.15) is 0 Å². The van der Waals surface area contributed by atoms with Crippen LogP contribution in [0.4, 0.5) is 5.69 Å². The van der Waals surface area contributed by atoms with Gasteiger partial charge >= 0.3 is 5.97 Å². The van der Waals surface area contributed by atoms with E-state index in [1.807, 2.05) is 0 Å². The molecule has 1 aliphatic carbocycles. The van der Waals surface area contributed by atoms with Crippen LogP contribution in [-0.4, -0.2) is 31.4 Å². The Labute approximate surface area is 144 Å². The van der Waals surface area contributed by atoms with Gasteiger partial charge in [0.05, 0.1) is 21.7 Å². The van der Waals surface area contributed by atoms with Gasteiger partial charge < -0.3 is 10.4 Å². The molecule has 0 atom stereocenters. The Morgan fingerprint density at radius 1 is 1.00 bits per heavy atom. The third-order valence-electron chi connectivity index (χ3n) is 3.74. The molecule has 0 spiro atoms. The van der Waals surface area contributed by atoms with Crippen molar-refractivity contribution in [1.82, 2.24) is 5.32 Å². The molecule has 0 aromatic heterocycles. The summed E-state index contributed by atoms with van der Waals surface area (Å²) in [5, 5.41) is 11.7. The largest absolute Gasteiger partial charge is 0.478 e. The molecule has 8 heteroatoms. The molecular weight excluding hydrogens is 344 g/mol. The minimum absolute atomic E-state index is 0.0110. The number of sulfonamides is 1. The summed E-state index contributed by atoms with van der Waals surface area (Å²) in [6, 6.07) is 11.3. The van der Waals surface area contributed by atoms with Crippen molar-refractivity contribution < 1.29 is 23.1 Å². The number of para-hydroxylation sites is 1. The van der Waals surface area contributed by atoms with Crippen LogP contribution in [0.5, 0.6) is 0 Å². The molecule has 1 aliphatic rings. The van der Waals surface area contributed by atoms with Crippen LogP contribution >= 0.6 is 0 Å². The predicted octanol–water partition coefficient (Wildman–Crippen LogP) is 2.08. The molecule has 1 fully saturated rings. The number of nitrogens with one attached hydrogen (secondary N) is 2. The SMILES string of the molecule is O=C(O)c1ccc(S(=O)(=O)Nc2ccccc2C(=O)NC2CC2)cc1. The van der Waals surface area contributed by atoms with E-state index in [2.05, 4.69) is 10.0 Å². The lowest BCUT2D eigenvalue weighted by Gasteiger charge is -2.12. The Bertz CT molecular complexity index is 918. The van der Waals surface area contributed by atoms with Gasteiger partial charge in [0.15, 0.2) is 0 Å². The molecule has 0 unspecified atom stereocenters. The summed E-state index contributed by atoms with van der Waals surface area (Å²) in [4.78, 5) is 23.0. The zero-order valence-corrected chi connectivity index (χ0v) is 13.9. The quantitative estimate of drug-likeness (QED) is 0.730. The maximum Gasteiger partial charge on any atom is 0.335 e. The monoisotopic (exact) mass is 360 g/mol. The molecule has 3 rings (SSSR count). The summed E-state index contributed by atoms with van der Waals surface area (Å²) in [5.74, 6) is -1.47. The molecular formula is C17H16N2O5S. The van der Waals surface area contributed by atoms with E-state index in [4.69, 9.17) is 5.11 Å². The van der Waals surface area contributed by atoms with Crippen LogP contribution in [0.3, 0.4) is 0 Å². The van der Waals surface area contributed by atoms with Crippen molar-refractivity contribution in [3.63, 3.8) is 0 Å². The molecule has 7 nitrogen and oxygen atoms in total. The molecule has 25 heavy (non-hydrogen) atoms. The smallest absolute Gasteiger partial charge is 0.335 e. The number of hydrogen-bond donors (Lipinski definition) is 3. The van der Waals surface area contributed by atoms with Gasteiger partial charge in [-0.1, -0.05) is 12.1 Å². The highest BCUT2D eigenvalue weighted by Crippen LogP contribution is 2.23. The predicted molar refractivity (Wildman–Crippen MR) is 91.1 cm³/mol. The number of carbonyl (C=O) groups excluding carboxylic acids is 1. The van der Waals surface area contributed by atoms with Gasteiger partial charge in [0.25, 0.3) is 15.9 Å². The first-order valence-electron chi connectivity index (χ1n) is 7.63. The van der Waals surface area contributed by atoms with Crippen molar-refractivity contribution in [3.05, 3.63) is 59.7 Å². The first-order valence-corrected chi connectivity index (χ1v) is 9.11. The molecule has 2 aromatic rings. The molecule has 0 saturated heterocycles. The van der Waals surface area contributed by atoms with E-state index in [1.54, 1.807) is 18.2 Å². The Hall–Kier alpha value is -2.87. The number of anilines is 1. The maximum atomic E-state index is 12.5. The number of aromatic carboxylic acids is 1. The van der Waals surface area contributed by atoms with Crippen molar-refractivity contribution in [2.24, 2.45) is 0 Å². The second kappa shape index (κ2) is 6.56.